The molecule has 0 saturated carbocycles. The monoisotopic (exact) mass is 483 g/mol. The van der Waals surface area contributed by atoms with E-state index in [-0.39, 0.29) is 6.54 Å². The van der Waals surface area contributed by atoms with Crippen molar-refractivity contribution in [3.63, 3.8) is 0 Å². The predicted molar refractivity (Wildman–Crippen MR) is 119 cm³/mol. The maximum atomic E-state index is 12.0. The number of amides is 2. The van der Waals surface area contributed by atoms with Gasteiger partial charge in [0.05, 0.1) is 18.4 Å². The summed E-state index contributed by atoms with van der Waals surface area (Å²) >= 11 is 23.6. The molecule has 2 N–H and O–H groups in total. The molecule has 2 aromatic carbocycles. The lowest BCUT2D eigenvalue weighted by molar-refractivity contribution is -0.136. The first kappa shape index (κ1) is 22.2. The molecule has 0 aliphatic carbocycles. The van der Waals surface area contributed by atoms with Crippen LogP contribution >= 0.6 is 46.4 Å². The van der Waals surface area contributed by atoms with Gasteiger partial charge in [-0.1, -0.05) is 46.4 Å². The molecule has 0 aliphatic heterocycles. The van der Waals surface area contributed by atoms with Crippen LogP contribution in [0, 0.1) is 0 Å². The van der Waals surface area contributed by atoms with Gasteiger partial charge in [0.1, 0.15) is 11.5 Å². The second-order valence-corrected chi connectivity index (χ2v) is 7.73. The first-order valence-corrected chi connectivity index (χ1v) is 9.94. The quantitative estimate of drug-likeness (QED) is 0.349. The fraction of sp³-hybridized carbons (Fsp3) is 0.0500. The Labute approximate surface area is 191 Å². The fourth-order valence-electron chi connectivity index (χ4n) is 2.37. The Morgan fingerprint density at radius 2 is 1.47 bits per heavy atom. The fourth-order valence-corrected chi connectivity index (χ4v) is 3.41. The summed E-state index contributed by atoms with van der Waals surface area (Å²) in [4.78, 5) is 28.2. The minimum absolute atomic E-state index is 0.0133. The van der Waals surface area contributed by atoms with Crippen molar-refractivity contribution in [1.82, 2.24) is 5.32 Å². The molecule has 1 aromatic heterocycles. The Morgan fingerprint density at radius 3 is 2.10 bits per heavy atom. The summed E-state index contributed by atoms with van der Waals surface area (Å²) in [5.41, 5.74) is 0.877. The highest BCUT2D eigenvalue weighted by atomic mass is 35.5. The lowest BCUT2D eigenvalue weighted by Gasteiger charge is -2.06. The van der Waals surface area contributed by atoms with Crippen LogP contribution in [0.2, 0.25) is 20.1 Å². The van der Waals surface area contributed by atoms with E-state index in [1.165, 1.54) is 24.4 Å². The zero-order chi connectivity index (χ0) is 21.7. The smallest absolute Gasteiger partial charge is 0.313 e. The molecule has 3 aromatic rings. The molecule has 0 unspecified atom stereocenters. The molecular formula is C20H13Cl4N3O3. The molecular weight excluding hydrogens is 472 g/mol. The molecule has 0 fully saturated rings. The third kappa shape index (κ3) is 6.50. The lowest BCUT2D eigenvalue weighted by Crippen LogP contribution is -2.34. The topological polar surface area (TPSA) is 83.7 Å². The van der Waals surface area contributed by atoms with Gasteiger partial charge < -0.3 is 15.1 Å². The highest BCUT2D eigenvalue weighted by Gasteiger charge is 2.14. The van der Waals surface area contributed by atoms with Gasteiger partial charge in [-0.05, 0) is 48.5 Å². The predicted octanol–water partition coefficient (Wildman–Crippen LogP) is 5.90. The molecule has 0 saturated heterocycles. The Hall–Kier alpha value is -2.51. The van der Waals surface area contributed by atoms with Crippen LogP contribution in [0.4, 0.5) is 11.4 Å². The number of nitrogens with zero attached hydrogens (tertiary/aromatic N) is 1. The van der Waals surface area contributed by atoms with Gasteiger partial charge in [-0.2, -0.15) is 0 Å². The van der Waals surface area contributed by atoms with Gasteiger partial charge in [0, 0.05) is 25.8 Å². The number of carbonyl (C=O) groups is 2. The number of nitrogens with one attached hydrogen (secondary N) is 2. The third-order valence-corrected chi connectivity index (χ3v) is 4.49. The highest BCUT2D eigenvalue weighted by Crippen LogP contribution is 2.25. The van der Waals surface area contributed by atoms with E-state index in [4.69, 9.17) is 50.8 Å². The lowest BCUT2D eigenvalue weighted by atomic mass is 10.3. The average Bonchev–Trinajstić information content (AvgIpc) is 3.10. The number of carbonyl (C=O) groups excluding carboxylic acids is 2. The van der Waals surface area contributed by atoms with Gasteiger partial charge in [0.15, 0.2) is 0 Å². The van der Waals surface area contributed by atoms with Crippen LogP contribution < -0.4 is 10.6 Å². The van der Waals surface area contributed by atoms with E-state index in [0.29, 0.717) is 43.0 Å². The molecule has 0 radical (unpaired) electrons. The number of hydrogen-bond acceptors (Lipinski definition) is 4. The number of halogens is 4. The average molecular weight is 485 g/mol. The van der Waals surface area contributed by atoms with Crippen molar-refractivity contribution >= 4 is 75.8 Å². The molecule has 3 rings (SSSR count). The van der Waals surface area contributed by atoms with Gasteiger partial charge in [0.25, 0.3) is 0 Å². The molecule has 0 spiro atoms. The van der Waals surface area contributed by atoms with Crippen LogP contribution in [-0.4, -0.2) is 18.0 Å². The largest absolute Gasteiger partial charge is 0.458 e. The zero-order valence-corrected chi connectivity index (χ0v) is 18.1. The van der Waals surface area contributed by atoms with Crippen LogP contribution in [0.15, 0.2) is 57.9 Å². The van der Waals surface area contributed by atoms with Gasteiger partial charge in [-0.15, -0.1) is 0 Å². The Bertz CT molecular complexity index is 1090. The number of furan rings is 1. The Balaban J connectivity index is 1.54. The van der Waals surface area contributed by atoms with Crippen molar-refractivity contribution in [3.8, 4) is 0 Å². The molecule has 0 aliphatic rings. The van der Waals surface area contributed by atoms with Crippen LogP contribution in [0.1, 0.15) is 11.5 Å². The normalized spacial score (nSPS) is 10.9. The molecule has 1 heterocycles. The molecule has 0 bridgehead atoms. The Kier molecular flexibility index (Phi) is 7.39. The Morgan fingerprint density at radius 1 is 0.867 bits per heavy atom. The summed E-state index contributed by atoms with van der Waals surface area (Å²) in [6.07, 6.45) is 1.49. The summed E-state index contributed by atoms with van der Waals surface area (Å²) in [5.74, 6) is -0.813. The summed E-state index contributed by atoms with van der Waals surface area (Å²) < 4.78 is 5.55. The second kappa shape index (κ2) is 10.00. The number of rotatable bonds is 5. The minimum atomic E-state index is -0.862. The van der Waals surface area contributed by atoms with Crippen LogP contribution in [0.5, 0.6) is 0 Å². The third-order valence-electron chi connectivity index (χ3n) is 3.62. The van der Waals surface area contributed by atoms with Gasteiger partial charge >= 0.3 is 11.8 Å². The maximum absolute atomic E-state index is 12.0. The van der Waals surface area contributed by atoms with Crippen molar-refractivity contribution in [3.05, 3.63) is 80.1 Å². The molecule has 30 heavy (non-hydrogen) atoms. The van der Waals surface area contributed by atoms with E-state index < -0.39 is 11.8 Å². The van der Waals surface area contributed by atoms with Crippen molar-refractivity contribution in [1.29, 1.82) is 0 Å². The van der Waals surface area contributed by atoms with Crippen molar-refractivity contribution in [2.75, 3.05) is 5.32 Å². The van der Waals surface area contributed by atoms with E-state index in [1.807, 2.05) is 0 Å². The number of anilines is 1. The zero-order valence-electron chi connectivity index (χ0n) is 15.1. The maximum Gasteiger partial charge on any atom is 0.313 e. The summed E-state index contributed by atoms with van der Waals surface area (Å²) in [5, 5.41) is 6.49. The minimum Gasteiger partial charge on any atom is -0.458 e. The first-order valence-electron chi connectivity index (χ1n) is 8.42. The van der Waals surface area contributed by atoms with E-state index in [2.05, 4.69) is 15.6 Å². The molecule has 10 heteroatoms. The second-order valence-electron chi connectivity index (χ2n) is 5.98. The SMILES string of the molecule is O=C(NCc1ccc(C=Nc2cc(Cl)cc(Cl)c2)o1)C(=O)Nc1cc(Cl)cc(Cl)c1. The number of hydrogen-bond donors (Lipinski definition) is 2. The molecule has 6 nitrogen and oxygen atoms in total. The van der Waals surface area contributed by atoms with Crippen molar-refractivity contribution in [2.24, 2.45) is 4.99 Å². The van der Waals surface area contributed by atoms with E-state index in [9.17, 15) is 9.59 Å². The van der Waals surface area contributed by atoms with Gasteiger partial charge in [-0.25, -0.2) is 0 Å². The van der Waals surface area contributed by atoms with Gasteiger partial charge in [0.2, 0.25) is 0 Å². The highest BCUT2D eigenvalue weighted by molar-refractivity contribution is 6.40. The molecule has 0 atom stereocenters. The van der Waals surface area contributed by atoms with E-state index >= 15 is 0 Å². The standard InChI is InChI=1S/C20H13Cl4N3O3/c21-11-3-12(22)6-15(5-11)25-9-17-1-2-18(30-17)10-26-19(28)20(29)27-16-7-13(23)4-14(24)8-16/h1-9H,10H2,(H,26,28)(H,27,29). The van der Waals surface area contributed by atoms with Crippen LogP contribution in [0.25, 0.3) is 0 Å². The number of benzene rings is 2. The summed E-state index contributed by atoms with van der Waals surface area (Å²) in [7, 11) is 0. The van der Waals surface area contributed by atoms with Crippen molar-refractivity contribution < 1.29 is 14.0 Å². The summed E-state index contributed by atoms with van der Waals surface area (Å²) in [6, 6.07) is 12.7. The van der Waals surface area contributed by atoms with E-state index in [1.54, 1.807) is 30.3 Å². The van der Waals surface area contributed by atoms with Crippen LogP contribution in [-0.2, 0) is 16.1 Å². The van der Waals surface area contributed by atoms with Crippen molar-refractivity contribution in [2.45, 2.75) is 6.54 Å². The van der Waals surface area contributed by atoms with Gasteiger partial charge in [-0.3, -0.25) is 14.6 Å². The van der Waals surface area contributed by atoms with E-state index in [0.717, 1.165) is 0 Å². The first-order chi connectivity index (χ1) is 14.3. The van der Waals surface area contributed by atoms with Crippen LogP contribution in [0.3, 0.4) is 0 Å². The molecule has 2 amide bonds. The number of aliphatic imine (C=N–C) groups is 1. The summed E-state index contributed by atoms with van der Waals surface area (Å²) in [6.45, 7) is 0.0133. The molecule has 154 valence electrons.